The van der Waals surface area contributed by atoms with Gasteiger partial charge in [0.15, 0.2) is 5.76 Å². The Kier molecular flexibility index (Phi) is 4.41. The topological polar surface area (TPSA) is 81.2 Å². The molecule has 0 aliphatic carbocycles. The van der Waals surface area contributed by atoms with Crippen molar-refractivity contribution in [2.75, 3.05) is 6.54 Å². The van der Waals surface area contributed by atoms with E-state index in [1.165, 1.54) is 6.20 Å². The normalized spacial score (nSPS) is 10.7. The summed E-state index contributed by atoms with van der Waals surface area (Å²) in [7, 11) is 0. The van der Waals surface area contributed by atoms with Crippen molar-refractivity contribution >= 4 is 5.69 Å². The zero-order valence-electron chi connectivity index (χ0n) is 10.9. The number of aromatic nitrogens is 1. The lowest BCUT2D eigenvalue weighted by Crippen LogP contribution is -2.13. The Hall–Kier alpha value is -2.28. The Morgan fingerprint density at radius 3 is 3.00 bits per heavy atom. The van der Waals surface area contributed by atoms with E-state index in [-0.39, 0.29) is 17.0 Å². The third-order valence-corrected chi connectivity index (χ3v) is 2.68. The van der Waals surface area contributed by atoms with E-state index in [0.29, 0.717) is 12.4 Å². The van der Waals surface area contributed by atoms with Crippen LogP contribution in [0.2, 0.25) is 0 Å². The molecule has 7 heteroatoms. The summed E-state index contributed by atoms with van der Waals surface area (Å²) < 4.78 is 18.7. The fourth-order valence-corrected chi connectivity index (χ4v) is 1.75. The number of halogens is 1. The maximum absolute atomic E-state index is 13.3. The van der Waals surface area contributed by atoms with Crippen molar-refractivity contribution in [2.24, 2.45) is 0 Å². The summed E-state index contributed by atoms with van der Waals surface area (Å²) in [6.07, 6.45) is 2.34. The van der Waals surface area contributed by atoms with Gasteiger partial charge in [0.25, 0.3) is 5.69 Å². The SMILES string of the molecule is CCCNCc1ncc(-c2cc(F)ccc2[N+](=O)[O-])o1. The molecule has 2 aromatic rings. The minimum absolute atomic E-state index is 0.0873. The average Bonchev–Trinajstić information content (AvgIpc) is 2.87. The van der Waals surface area contributed by atoms with Gasteiger partial charge in [0.05, 0.1) is 23.2 Å². The number of nitro groups is 1. The van der Waals surface area contributed by atoms with Crippen molar-refractivity contribution in [1.82, 2.24) is 10.3 Å². The highest BCUT2D eigenvalue weighted by Gasteiger charge is 2.19. The molecule has 1 N–H and O–H groups in total. The van der Waals surface area contributed by atoms with Crippen LogP contribution in [0.5, 0.6) is 0 Å². The summed E-state index contributed by atoms with van der Waals surface area (Å²) >= 11 is 0. The van der Waals surface area contributed by atoms with Gasteiger partial charge in [0.1, 0.15) is 5.82 Å². The summed E-state index contributed by atoms with van der Waals surface area (Å²) in [5.74, 6) is 0.0316. The van der Waals surface area contributed by atoms with Crippen molar-refractivity contribution in [2.45, 2.75) is 19.9 Å². The lowest BCUT2D eigenvalue weighted by atomic mass is 10.1. The second kappa shape index (κ2) is 6.25. The average molecular weight is 279 g/mol. The van der Waals surface area contributed by atoms with Crippen LogP contribution in [0, 0.1) is 15.9 Å². The van der Waals surface area contributed by atoms with Crippen molar-refractivity contribution in [3.8, 4) is 11.3 Å². The van der Waals surface area contributed by atoms with Crippen LogP contribution in [0.15, 0.2) is 28.8 Å². The molecule has 0 saturated carbocycles. The summed E-state index contributed by atoms with van der Waals surface area (Å²) in [4.78, 5) is 14.4. The molecule has 0 aliphatic heterocycles. The number of nitrogens with one attached hydrogen (secondary N) is 1. The number of hydrogen-bond donors (Lipinski definition) is 1. The van der Waals surface area contributed by atoms with Crippen LogP contribution in [-0.4, -0.2) is 16.5 Å². The van der Waals surface area contributed by atoms with Crippen LogP contribution in [0.3, 0.4) is 0 Å². The molecule has 2 rings (SSSR count). The van der Waals surface area contributed by atoms with Crippen molar-refractivity contribution in [3.05, 3.63) is 46.2 Å². The highest BCUT2D eigenvalue weighted by molar-refractivity contribution is 5.68. The lowest BCUT2D eigenvalue weighted by molar-refractivity contribution is -0.384. The molecule has 0 radical (unpaired) electrons. The van der Waals surface area contributed by atoms with Gasteiger partial charge in [-0.1, -0.05) is 6.92 Å². The number of benzene rings is 1. The molecule has 1 aromatic heterocycles. The fourth-order valence-electron chi connectivity index (χ4n) is 1.75. The molecule has 106 valence electrons. The first-order chi connectivity index (χ1) is 9.61. The summed E-state index contributed by atoms with van der Waals surface area (Å²) in [5.41, 5.74) is -0.125. The van der Waals surface area contributed by atoms with Gasteiger partial charge >= 0.3 is 0 Å². The Morgan fingerprint density at radius 1 is 1.50 bits per heavy atom. The molecule has 0 unspecified atom stereocenters. The van der Waals surface area contributed by atoms with E-state index in [2.05, 4.69) is 10.3 Å². The van der Waals surface area contributed by atoms with E-state index in [1.54, 1.807) is 0 Å². The van der Waals surface area contributed by atoms with E-state index in [9.17, 15) is 14.5 Å². The standard InChI is InChI=1S/C13H14FN3O3/c1-2-5-15-8-13-16-7-12(20-13)10-6-9(14)3-4-11(10)17(18)19/h3-4,6-7,15H,2,5,8H2,1H3. The molecule has 1 aromatic carbocycles. The van der Waals surface area contributed by atoms with Gasteiger partial charge in [0.2, 0.25) is 5.89 Å². The van der Waals surface area contributed by atoms with E-state index >= 15 is 0 Å². The van der Waals surface area contributed by atoms with Gasteiger partial charge < -0.3 is 9.73 Å². The molecular weight excluding hydrogens is 265 g/mol. The molecule has 0 bridgehead atoms. The molecule has 1 heterocycles. The predicted molar refractivity (Wildman–Crippen MR) is 70.5 cm³/mol. The second-order valence-corrected chi connectivity index (χ2v) is 4.21. The van der Waals surface area contributed by atoms with Crippen LogP contribution in [0.1, 0.15) is 19.2 Å². The van der Waals surface area contributed by atoms with Crippen LogP contribution >= 0.6 is 0 Å². The van der Waals surface area contributed by atoms with Crippen LogP contribution < -0.4 is 5.32 Å². The third-order valence-electron chi connectivity index (χ3n) is 2.68. The molecule has 0 amide bonds. The molecule has 20 heavy (non-hydrogen) atoms. The molecule has 0 fully saturated rings. The third kappa shape index (κ3) is 3.18. The highest BCUT2D eigenvalue weighted by Crippen LogP contribution is 2.30. The number of hydrogen-bond acceptors (Lipinski definition) is 5. The Morgan fingerprint density at radius 2 is 2.30 bits per heavy atom. The summed E-state index contributed by atoms with van der Waals surface area (Å²) in [5, 5.41) is 14.0. The molecule has 0 aliphatic rings. The number of nitro benzene ring substituents is 1. The van der Waals surface area contributed by atoms with Crippen molar-refractivity contribution in [3.63, 3.8) is 0 Å². The van der Waals surface area contributed by atoms with Gasteiger partial charge in [-0.25, -0.2) is 9.37 Å². The monoisotopic (exact) mass is 279 g/mol. The molecule has 0 saturated heterocycles. The van der Waals surface area contributed by atoms with E-state index < -0.39 is 10.7 Å². The van der Waals surface area contributed by atoms with Crippen LogP contribution in [-0.2, 0) is 6.54 Å². The second-order valence-electron chi connectivity index (χ2n) is 4.21. The lowest BCUT2D eigenvalue weighted by Gasteiger charge is -2.00. The van der Waals surface area contributed by atoms with E-state index in [1.807, 2.05) is 6.92 Å². The quantitative estimate of drug-likeness (QED) is 0.499. The van der Waals surface area contributed by atoms with E-state index in [0.717, 1.165) is 31.2 Å². The number of rotatable bonds is 6. The van der Waals surface area contributed by atoms with Gasteiger partial charge in [-0.15, -0.1) is 0 Å². The maximum atomic E-state index is 13.3. The molecular formula is C13H14FN3O3. The number of oxazole rings is 1. The summed E-state index contributed by atoms with van der Waals surface area (Å²) in [6, 6.07) is 3.23. The largest absolute Gasteiger partial charge is 0.439 e. The first-order valence-corrected chi connectivity index (χ1v) is 6.21. The first kappa shape index (κ1) is 14.1. The Balaban J connectivity index is 2.27. The molecule has 0 spiro atoms. The first-order valence-electron chi connectivity index (χ1n) is 6.21. The smallest absolute Gasteiger partial charge is 0.280 e. The summed E-state index contributed by atoms with van der Waals surface area (Å²) in [6.45, 7) is 3.28. The zero-order chi connectivity index (χ0) is 14.5. The Bertz CT molecular complexity index is 613. The minimum atomic E-state index is -0.577. The molecule has 6 nitrogen and oxygen atoms in total. The van der Waals surface area contributed by atoms with Crippen LogP contribution in [0.4, 0.5) is 10.1 Å². The highest BCUT2D eigenvalue weighted by atomic mass is 19.1. The zero-order valence-corrected chi connectivity index (χ0v) is 10.9. The van der Waals surface area contributed by atoms with Crippen molar-refractivity contribution < 1.29 is 13.7 Å². The minimum Gasteiger partial charge on any atom is -0.439 e. The van der Waals surface area contributed by atoms with Crippen LogP contribution in [0.25, 0.3) is 11.3 Å². The maximum Gasteiger partial charge on any atom is 0.280 e. The predicted octanol–water partition coefficient (Wildman–Crippen LogP) is 2.89. The van der Waals surface area contributed by atoms with E-state index in [4.69, 9.17) is 4.42 Å². The fraction of sp³-hybridized carbons (Fsp3) is 0.308. The van der Waals surface area contributed by atoms with Crippen molar-refractivity contribution in [1.29, 1.82) is 0 Å². The molecule has 0 atom stereocenters. The van der Waals surface area contributed by atoms with Gasteiger partial charge in [-0.3, -0.25) is 10.1 Å². The number of nitrogens with zero attached hydrogens (tertiary/aromatic N) is 2. The van der Waals surface area contributed by atoms with Gasteiger partial charge in [-0.2, -0.15) is 0 Å². The van der Waals surface area contributed by atoms with Gasteiger partial charge in [-0.05, 0) is 25.1 Å². The Labute approximate surface area is 114 Å². The van der Waals surface area contributed by atoms with Gasteiger partial charge in [0, 0.05) is 6.07 Å².